The van der Waals surface area contributed by atoms with Crippen molar-refractivity contribution in [3.8, 4) is 0 Å². The molecule has 0 aromatic carbocycles. The fourth-order valence-corrected chi connectivity index (χ4v) is 8.06. The predicted molar refractivity (Wildman–Crippen MR) is 174 cm³/mol. The molecule has 25 nitrogen and oxygen atoms in total. The summed E-state index contributed by atoms with van der Waals surface area (Å²) in [6, 6.07) is 0. The highest BCUT2D eigenvalue weighted by molar-refractivity contribution is 8.13. The number of hydrogen-bond donors (Lipinski definition) is 5. The predicted octanol–water partition coefficient (Wildman–Crippen LogP) is -4.10. The van der Waals surface area contributed by atoms with E-state index in [1.807, 2.05) is 0 Å². The number of thioether (sulfide) groups is 1. The molecule has 0 radical (unpaired) electrons. The number of anilines is 1. The molecule has 304 valence electrons. The van der Waals surface area contributed by atoms with Crippen molar-refractivity contribution in [2.45, 2.75) is 63.8 Å². The topological polar surface area (TPSA) is 392 Å². The molecule has 0 aliphatic carbocycles. The van der Waals surface area contributed by atoms with Crippen molar-refractivity contribution >= 4 is 75.4 Å². The Bertz CT molecular complexity index is 1830. The Morgan fingerprint density at radius 1 is 1.13 bits per heavy atom. The highest BCUT2D eigenvalue weighted by Crippen LogP contribution is 2.56. The molecule has 3 rings (SSSR count). The van der Waals surface area contributed by atoms with Crippen LogP contribution in [0.3, 0.4) is 0 Å². The van der Waals surface area contributed by atoms with Crippen molar-refractivity contribution in [1.29, 1.82) is 0 Å². The zero-order valence-corrected chi connectivity index (χ0v) is 32.0. The Balaban J connectivity index is 1.55. The van der Waals surface area contributed by atoms with Crippen molar-refractivity contribution in [2.24, 2.45) is 5.41 Å². The molecule has 7 unspecified atom stereocenters. The summed E-state index contributed by atoms with van der Waals surface area (Å²) in [5.41, 5.74) is 1.98. The molecule has 2 aromatic rings. The molecule has 1 saturated heterocycles. The molecule has 0 spiro atoms. The first-order valence-electron chi connectivity index (χ1n) is 15.4. The standard InChI is InChI=1S/C25H40N7O18P3S/c1-24(2,20(37)23(38)28-6-4-15(34)27-7-9-54-16(35)5-8-33)11-47-53(44,45)50-52(42,43)46-10-14-18(49-51(39,40)41)19(36)25(3,48-14)32-13-31-17-21(26)29-12-30-22(17)32/h8,12-14,18-20,36-37H,4-7,9-11H2,1-3H3,(H,27,34)(H,28,38)(H,42,43)(H,44,45)(H2,26,29,30)(H2,39,40,41)/p-4. The second-order valence-electron chi connectivity index (χ2n) is 12.1. The molecule has 2 amide bonds. The van der Waals surface area contributed by atoms with Gasteiger partial charge in [0.25, 0.3) is 15.6 Å². The third kappa shape index (κ3) is 12.6. The molecule has 0 bridgehead atoms. The van der Waals surface area contributed by atoms with Gasteiger partial charge in [-0.25, -0.2) is 19.3 Å². The van der Waals surface area contributed by atoms with Crippen LogP contribution in [-0.2, 0) is 61.2 Å². The monoisotopic (exact) mass is 847 g/mol. The van der Waals surface area contributed by atoms with Crippen molar-refractivity contribution in [3.05, 3.63) is 12.7 Å². The first-order chi connectivity index (χ1) is 24.9. The van der Waals surface area contributed by atoms with Gasteiger partial charge in [-0.05, 0) is 6.92 Å². The largest absolute Gasteiger partial charge is 0.790 e. The number of carbonyl (C=O) groups is 4. The lowest BCUT2D eigenvalue weighted by molar-refractivity contribution is -0.347. The summed E-state index contributed by atoms with van der Waals surface area (Å²) in [5.74, 6) is -1.44. The Morgan fingerprint density at radius 3 is 2.44 bits per heavy atom. The van der Waals surface area contributed by atoms with E-state index in [9.17, 15) is 62.7 Å². The molecule has 0 saturated carbocycles. The Kier molecular flexibility index (Phi) is 15.6. The van der Waals surface area contributed by atoms with Gasteiger partial charge >= 0.3 is 0 Å². The molecule has 54 heavy (non-hydrogen) atoms. The fraction of sp³-hybridized carbons (Fsp3) is 0.640. The van der Waals surface area contributed by atoms with Crippen molar-refractivity contribution in [2.75, 3.05) is 37.8 Å². The Hall–Kier alpha value is -2.77. The van der Waals surface area contributed by atoms with Crippen LogP contribution in [0.2, 0.25) is 0 Å². The van der Waals surface area contributed by atoms with Gasteiger partial charge in [0.1, 0.15) is 42.5 Å². The number of aldehydes is 1. The second-order valence-corrected chi connectivity index (χ2v) is 17.4. The lowest BCUT2D eigenvalue weighted by atomic mass is 9.87. The summed E-state index contributed by atoms with van der Waals surface area (Å²) < 4.78 is 60.8. The van der Waals surface area contributed by atoms with Crippen LogP contribution >= 0.6 is 35.2 Å². The van der Waals surface area contributed by atoms with Crippen LogP contribution in [0.4, 0.5) is 5.82 Å². The lowest BCUT2D eigenvalue weighted by Crippen LogP contribution is -2.46. The summed E-state index contributed by atoms with van der Waals surface area (Å²) in [4.78, 5) is 106. The molecule has 7 atom stereocenters. The maximum Gasteiger partial charge on any atom is 0.274 e. The van der Waals surface area contributed by atoms with Crippen LogP contribution in [0.15, 0.2) is 12.7 Å². The van der Waals surface area contributed by atoms with Gasteiger partial charge in [0, 0.05) is 30.7 Å². The summed E-state index contributed by atoms with van der Waals surface area (Å²) >= 11 is 0.852. The first kappa shape index (κ1) is 45.6. The molecule has 1 aliphatic heterocycles. The number of carbonyl (C=O) groups excluding carboxylic acids is 4. The molecule has 3 heterocycles. The molecule has 1 fully saturated rings. The van der Waals surface area contributed by atoms with E-state index in [1.54, 1.807) is 0 Å². The van der Waals surface area contributed by atoms with Crippen LogP contribution in [0.1, 0.15) is 33.6 Å². The Morgan fingerprint density at radius 2 is 1.80 bits per heavy atom. The normalized spacial score (nSPS) is 23.3. The van der Waals surface area contributed by atoms with E-state index in [2.05, 4.69) is 43.5 Å². The van der Waals surface area contributed by atoms with Crippen molar-refractivity contribution in [3.63, 3.8) is 0 Å². The second kappa shape index (κ2) is 18.4. The highest BCUT2D eigenvalue weighted by atomic mass is 32.2. The average Bonchev–Trinajstić information content (AvgIpc) is 3.60. The number of hydrogen-bond acceptors (Lipinski definition) is 23. The number of amides is 2. The smallest absolute Gasteiger partial charge is 0.274 e. The summed E-state index contributed by atoms with van der Waals surface area (Å²) in [6.45, 7) is 1.05. The van der Waals surface area contributed by atoms with Gasteiger partial charge in [-0.15, -0.1) is 0 Å². The number of nitrogens with one attached hydrogen (secondary N) is 2. The summed E-state index contributed by atoms with van der Waals surface area (Å²) in [6.07, 6.45) is -5.98. The number of aliphatic hydroxyl groups is 2. The number of nitrogens with zero attached hydrogens (tertiary/aromatic N) is 4. The number of phosphoric ester groups is 3. The summed E-state index contributed by atoms with van der Waals surface area (Å²) in [7, 11) is -17.7. The number of ether oxygens (including phenoxy) is 1. The van der Waals surface area contributed by atoms with Crippen molar-refractivity contribution in [1.82, 2.24) is 30.2 Å². The fourth-order valence-electron chi connectivity index (χ4n) is 4.71. The number of imidazole rings is 1. The molecule has 29 heteroatoms. The number of aromatic nitrogens is 4. The van der Waals surface area contributed by atoms with Gasteiger partial charge in [-0.2, -0.15) is 0 Å². The number of nitrogens with two attached hydrogens (primary N) is 1. The van der Waals surface area contributed by atoms with Crippen LogP contribution in [0.25, 0.3) is 11.2 Å². The number of rotatable bonds is 21. The maximum absolute atomic E-state index is 12.5. The van der Waals surface area contributed by atoms with Crippen LogP contribution in [-0.4, -0.2) is 109 Å². The van der Waals surface area contributed by atoms with E-state index in [1.165, 1.54) is 20.8 Å². The van der Waals surface area contributed by atoms with Gasteiger partial charge in [0.15, 0.2) is 22.3 Å². The third-order valence-corrected chi connectivity index (χ3v) is 11.4. The molecule has 2 aromatic heterocycles. The van der Waals surface area contributed by atoms with Crippen LogP contribution in [0, 0.1) is 5.41 Å². The first-order valence-corrected chi connectivity index (χ1v) is 20.7. The minimum atomic E-state index is -5.94. The number of nitrogen functional groups attached to an aromatic ring is 1. The SMILES string of the molecule is CC(C)(COP(=O)([O-])OP(=O)([O-])OCC1OC(C)(n2cnc3c(N)ncnc32)C(O)C1OP(=O)([O-])[O-])C(O)C(=O)NCCC(=O)NCCSC(=O)CC=O. The minimum Gasteiger partial charge on any atom is -0.790 e. The number of aliphatic hydroxyl groups excluding tert-OH is 2. The van der Waals surface area contributed by atoms with E-state index in [4.69, 9.17) is 10.5 Å². The summed E-state index contributed by atoms with van der Waals surface area (Å²) in [5, 5.41) is 25.9. The third-order valence-electron chi connectivity index (χ3n) is 7.48. The van der Waals surface area contributed by atoms with Crippen molar-refractivity contribution < 1.29 is 85.3 Å². The van der Waals surface area contributed by atoms with Gasteiger partial charge in [-0.3, -0.25) is 28.1 Å². The minimum absolute atomic E-state index is 0.0288. The average molecular weight is 848 g/mol. The van der Waals surface area contributed by atoms with Gasteiger partial charge in [0.2, 0.25) is 11.8 Å². The lowest BCUT2D eigenvalue weighted by Gasteiger charge is -2.36. The van der Waals surface area contributed by atoms with E-state index < -0.39 is 84.1 Å². The molecular formula is C25H36N7O18P3S-4. The van der Waals surface area contributed by atoms with E-state index in [0.717, 1.165) is 29.0 Å². The molecular weight excluding hydrogens is 811 g/mol. The van der Waals surface area contributed by atoms with Gasteiger partial charge in [0.05, 0.1) is 33.8 Å². The maximum atomic E-state index is 12.5. The quantitative estimate of drug-likeness (QED) is 0.0345. The number of phosphoric acid groups is 3. The zero-order valence-electron chi connectivity index (χ0n) is 28.5. The van der Waals surface area contributed by atoms with Crippen LogP contribution in [0.5, 0.6) is 0 Å². The number of fused-ring (bicyclic) bond motifs is 1. The van der Waals surface area contributed by atoms with E-state index in [-0.39, 0.29) is 53.8 Å². The molecule has 6 N–H and O–H groups in total. The van der Waals surface area contributed by atoms with Gasteiger partial charge < -0.3 is 73.8 Å². The zero-order chi connectivity index (χ0) is 40.7. The molecule has 1 aliphatic rings. The Labute approximate surface area is 310 Å². The van der Waals surface area contributed by atoms with E-state index >= 15 is 0 Å². The van der Waals surface area contributed by atoms with E-state index in [0.29, 0.717) is 6.29 Å². The van der Waals surface area contributed by atoms with Gasteiger partial charge in [-0.1, -0.05) is 25.6 Å². The van der Waals surface area contributed by atoms with Crippen LogP contribution < -0.4 is 35.9 Å². The highest BCUT2D eigenvalue weighted by Gasteiger charge is 2.55.